The van der Waals surface area contributed by atoms with Gasteiger partial charge in [0.25, 0.3) is 5.91 Å². The van der Waals surface area contributed by atoms with E-state index in [9.17, 15) is 4.79 Å². The summed E-state index contributed by atoms with van der Waals surface area (Å²) in [4.78, 5) is 17.5. The Morgan fingerprint density at radius 3 is 2.32 bits per heavy atom. The summed E-state index contributed by atoms with van der Waals surface area (Å²) in [6.45, 7) is 0.513. The van der Waals surface area contributed by atoms with Crippen LogP contribution >= 0.6 is 11.6 Å². The molecule has 0 aliphatic heterocycles. The lowest BCUT2D eigenvalue weighted by Crippen LogP contribution is -2.26. The number of ether oxygens (including phenoxy) is 5. The molecule has 34 heavy (non-hydrogen) atoms. The second-order valence-corrected chi connectivity index (χ2v) is 7.50. The van der Waals surface area contributed by atoms with Crippen molar-refractivity contribution in [3.05, 3.63) is 88.2 Å². The molecule has 0 atom stereocenters. The Morgan fingerprint density at radius 1 is 0.941 bits per heavy atom. The first-order valence-electron chi connectivity index (χ1n) is 10.5. The lowest BCUT2D eigenvalue weighted by atomic mass is 10.0. The van der Waals surface area contributed by atoms with Crippen LogP contribution in [0.15, 0.2) is 60.8 Å². The largest absolute Gasteiger partial charge is 0.467 e. The van der Waals surface area contributed by atoms with Crippen molar-refractivity contribution in [3.8, 4) is 11.5 Å². The lowest BCUT2D eigenvalue weighted by molar-refractivity contribution is 0.0447. The number of aromatic nitrogens is 1. The number of nitrogens with zero attached hydrogens (tertiary/aromatic N) is 1. The smallest absolute Gasteiger partial charge is 0.255 e. The van der Waals surface area contributed by atoms with Crippen molar-refractivity contribution < 1.29 is 28.5 Å². The number of hydrogen-bond donors (Lipinski definition) is 1. The second-order valence-electron chi connectivity index (χ2n) is 7.12. The fraction of sp³-hybridized carbons (Fsp3) is 0.280. The van der Waals surface area contributed by atoms with Gasteiger partial charge in [0, 0.05) is 32.0 Å². The van der Waals surface area contributed by atoms with Crippen LogP contribution in [-0.4, -0.2) is 38.7 Å². The quantitative estimate of drug-likeness (QED) is 0.359. The summed E-state index contributed by atoms with van der Waals surface area (Å²) >= 11 is 6.66. The third-order valence-corrected chi connectivity index (χ3v) is 5.11. The molecule has 0 saturated carbocycles. The summed E-state index contributed by atoms with van der Waals surface area (Å²) in [5.41, 5.74) is 2.36. The molecule has 180 valence electrons. The van der Waals surface area contributed by atoms with Gasteiger partial charge >= 0.3 is 0 Å². The minimum atomic E-state index is -0.393. The Morgan fingerprint density at radius 2 is 1.65 bits per heavy atom. The van der Waals surface area contributed by atoms with Crippen LogP contribution in [0.25, 0.3) is 0 Å². The summed E-state index contributed by atoms with van der Waals surface area (Å²) in [7, 11) is 2.99. The Kier molecular flexibility index (Phi) is 10.1. The standard InChI is InChI=1S/C25H27ClN2O6/c1-30-16-33-21-12-22(34-17-31-2)24(26)20(15-32-14-18-8-4-3-5-9-18)23(21)25(29)28-13-19-10-6-7-11-27-19/h3-12H,13-17H2,1-2H3,(H,28,29). The second kappa shape index (κ2) is 13.5. The Hall–Kier alpha value is -3.17. The predicted molar refractivity (Wildman–Crippen MR) is 127 cm³/mol. The normalized spacial score (nSPS) is 10.7. The average molecular weight is 487 g/mol. The minimum Gasteiger partial charge on any atom is -0.467 e. The van der Waals surface area contributed by atoms with Crippen molar-refractivity contribution in [1.29, 1.82) is 0 Å². The molecule has 0 fully saturated rings. The van der Waals surface area contributed by atoms with Crippen molar-refractivity contribution in [2.24, 2.45) is 0 Å². The zero-order chi connectivity index (χ0) is 24.2. The van der Waals surface area contributed by atoms with Gasteiger partial charge in [-0.25, -0.2) is 0 Å². The van der Waals surface area contributed by atoms with Crippen molar-refractivity contribution in [1.82, 2.24) is 10.3 Å². The highest BCUT2D eigenvalue weighted by Gasteiger charge is 2.25. The molecule has 0 bridgehead atoms. The molecule has 1 amide bonds. The van der Waals surface area contributed by atoms with Crippen LogP contribution in [0.2, 0.25) is 5.02 Å². The summed E-state index contributed by atoms with van der Waals surface area (Å²) < 4.78 is 27.3. The molecule has 1 N–H and O–H groups in total. The molecule has 0 unspecified atom stereocenters. The summed E-state index contributed by atoms with van der Waals surface area (Å²) in [5, 5.41) is 3.10. The molecule has 8 nitrogen and oxygen atoms in total. The van der Waals surface area contributed by atoms with E-state index in [1.807, 2.05) is 48.5 Å². The van der Waals surface area contributed by atoms with Gasteiger partial charge in [0.05, 0.1) is 36.0 Å². The van der Waals surface area contributed by atoms with Gasteiger partial charge in [-0.3, -0.25) is 9.78 Å². The predicted octanol–water partition coefficient (Wildman–Crippen LogP) is 4.35. The summed E-state index contributed by atoms with van der Waals surface area (Å²) in [6, 6.07) is 16.7. The van der Waals surface area contributed by atoms with E-state index in [-0.39, 0.29) is 43.1 Å². The van der Waals surface area contributed by atoms with Crippen LogP contribution < -0.4 is 14.8 Å². The zero-order valence-electron chi connectivity index (χ0n) is 19.1. The maximum absolute atomic E-state index is 13.3. The lowest BCUT2D eigenvalue weighted by Gasteiger charge is -2.19. The Bertz CT molecular complexity index is 1050. The van der Waals surface area contributed by atoms with Crippen LogP contribution in [0.1, 0.15) is 27.2 Å². The number of benzene rings is 2. The third kappa shape index (κ3) is 7.16. The van der Waals surface area contributed by atoms with Gasteiger partial charge in [-0.1, -0.05) is 48.0 Å². The van der Waals surface area contributed by atoms with Crippen LogP contribution in [0.3, 0.4) is 0 Å². The monoisotopic (exact) mass is 486 g/mol. The molecule has 3 aromatic rings. The molecule has 1 aromatic heterocycles. The van der Waals surface area contributed by atoms with Crippen molar-refractivity contribution in [2.75, 3.05) is 27.8 Å². The molecule has 0 spiro atoms. The van der Waals surface area contributed by atoms with E-state index in [0.29, 0.717) is 23.6 Å². The van der Waals surface area contributed by atoms with Crippen molar-refractivity contribution >= 4 is 17.5 Å². The minimum absolute atomic E-state index is 0.0288. The Labute approximate surface area is 203 Å². The number of amides is 1. The van der Waals surface area contributed by atoms with Crippen LogP contribution in [0, 0.1) is 0 Å². The van der Waals surface area contributed by atoms with Crippen LogP contribution in [0.4, 0.5) is 0 Å². The van der Waals surface area contributed by atoms with Crippen LogP contribution in [0.5, 0.6) is 11.5 Å². The van der Waals surface area contributed by atoms with Crippen LogP contribution in [-0.2, 0) is 34.0 Å². The number of rotatable bonds is 13. The molecule has 3 rings (SSSR count). The van der Waals surface area contributed by atoms with Gasteiger partial charge in [0.1, 0.15) is 11.5 Å². The molecule has 2 aromatic carbocycles. The van der Waals surface area contributed by atoms with Gasteiger partial charge in [-0.15, -0.1) is 0 Å². The van der Waals surface area contributed by atoms with Crippen molar-refractivity contribution in [3.63, 3.8) is 0 Å². The van der Waals surface area contributed by atoms with E-state index in [1.54, 1.807) is 6.20 Å². The maximum Gasteiger partial charge on any atom is 0.255 e. The van der Waals surface area contributed by atoms with Gasteiger partial charge < -0.3 is 29.0 Å². The fourth-order valence-corrected chi connectivity index (χ4v) is 3.38. The summed E-state index contributed by atoms with van der Waals surface area (Å²) in [6.07, 6.45) is 1.66. The van der Waals surface area contributed by atoms with E-state index >= 15 is 0 Å². The number of carbonyl (C=O) groups is 1. The molecule has 1 heterocycles. The number of methoxy groups -OCH3 is 2. The molecule has 0 radical (unpaired) electrons. The highest BCUT2D eigenvalue weighted by molar-refractivity contribution is 6.33. The first kappa shape index (κ1) is 25.5. The molecule has 0 saturated heterocycles. The highest BCUT2D eigenvalue weighted by atomic mass is 35.5. The van der Waals surface area contributed by atoms with E-state index < -0.39 is 5.91 Å². The number of nitrogens with one attached hydrogen (secondary N) is 1. The summed E-state index contributed by atoms with van der Waals surface area (Å²) in [5.74, 6) is 0.152. The number of carbonyl (C=O) groups excluding carboxylic acids is 1. The number of halogens is 1. The number of hydrogen-bond acceptors (Lipinski definition) is 7. The first-order valence-corrected chi connectivity index (χ1v) is 10.9. The van der Waals surface area contributed by atoms with Gasteiger partial charge in [-0.05, 0) is 17.7 Å². The molecular formula is C25H27ClN2O6. The molecule has 0 aliphatic carbocycles. The molecular weight excluding hydrogens is 460 g/mol. The average Bonchev–Trinajstić information content (AvgIpc) is 2.87. The van der Waals surface area contributed by atoms with Gasteiger partial charge in [0.2, 0.25) is 0 Å². The van der Waals surface area contributed by atoms with E-state index in [4.69, 9.17) is 35.3 Å². The van der Waals surface area contributed by atoms with E-state index in [0.717, 1.165) is 5.56 Å². The van der Waals surface area contributed by atoms with Gasteiger partial charge in [-0.2, -0.15) is 0 Å². The van der Waals surface area contributed by atoms with E-state index in [2.05, 4.69) is 10.3 Å². The SMILES string of the molecule is COCOc1cc(OCOC)c(C(=O)NCc2ccccn2)c(COCc2ccccc2)c1Cl. The molecule has 9 heteroatoms. The molecule has 0 aliphatic rings. The van der Waals surface area contributed by atoms with Crippen molar-refractivity contribution in [2.45, 2.75) is 19.8 Å². The Balaban J connectivity index is 1.91. The third-order valence-electron chi connectivity index (χ3n) is 4.70. The van der Waals surface area contributed by atoms with E-state index in [1.165, 1.54) is 20.3 Å². The fourth-order valence-electron chi connectivity index (χ4n) is 3.12. The first-order chi connectivity index (χ1) is 16.6. The zero-order valence-corrected chi connectivity index (χ0v) is 19.8. The maximum atomic E-state index is 13.3. The topological polar surface area (TPSA) is 88.1 Å². The van der Waals surface area contributed by atoms with Gasteiger partial charge in [0.15, 0.2) is 13.6 Å². The highest BCUT2D eigenvalue weighted by Crippen LogP contribution is 2.38. The number of pyridine rings is 1.